The molecule has 116 valence electrons. The molecule has 0 spiro atoms. The first-order valence-corrected chi connectivity index (χ1v) is 6.94. The van der Waals surface area contributed by atoms with Crippen molar-refractivity contribution in [2.75, 3.05) is 25.1 Å². The highest BCUT2D eigenvalue weighted by molar-refractivity contribution is 5.91. The molecular weight excluding hydrogens is 274 g/mol. The van der Waals surface area contributed by atoms with Crippen molar-refractivity contribution in [2.24, 2.45) is 0 Å². The Bertz CT molecular complexity index is 461. The summed E-state index contributed by atoms with van der Waals surface area (Å²) in [7, 11) is 0. The van der Waals surface area contributed by atoms with Gasteiger partial charge in [-0.25, -0.2) is 4.79 Å². The van der Waals surface area contributed by atoms with Crippen LogP contribution in [0.4, 0.5) is 5.69 Å². The van der Waals surface area contributed by atoms with Gasteiger partial charge in [0, 0.05) is 18.4 Å². The Morgan fingerprint density at radius 3 is 2.76 bits per heavy atom. The van der Waals surface area contributed by atoms with Gasteiger partial charge in [0.2, 0.25) is 5.91 Å². The van der Waals surface area contributed by atoms with E-state index in [1.165, 1.54) is 0 Å². The molecule has 1 rings (SSSR count). The Kier molecular flexibility index (Phi) is 7.89. The quantitative estimate of drug-likeness (QED) is 0.647. The van der Waals surface area contributed by atoms with Gasteiger partial charge in [-0.05, 0) is 18.6 Å². The second-order valence-electron chi connectivity index (χ2n) is 4.52. The number of carbonyl (C=O) groups is 2. The van der Waals surface area contributed by atoms with Gasteiger partial charge in [-0.15, -0.1) is 0 Å². The second-order valence-corrected chi connectivity index (χ2v) is 4.52. The predicted molar refractivity (Wildman–Crippen MR) is 78.5 cm³/mol. The van der Waals surface area contributed by atoms with Gasteiger partial charge in [-0.1, -0.05) is 25.8 Å². The number of carboxylic acids is 1. The molecule has 1 aromatic carbocycles. The molecule has 0 bridgehead atoms. The predicted octanol–water partition coefficient (Wildman–Crippen LogP) is 2.30. The van der Waals surface area contributed by atoms with E-state index in [1.807, 2.05) is 0 Å². The number of carbonyl (C=O) groups excluding carboxylic acids is 1. The van der Waals surface area contributed by atoms with E-state index in [1.54, 1.807) is 24.3 Å². The van der Waals surface area contributed by atoms with Crippen molar-refractivity contribution in [2.45, 2.75) is 26.2 Å². The number of benzene rings is 1. The van der Waals surface area contributed by atoms with E-state index in [9.17, 15) is 9.59 Å². The summed E-state index contributed by atoms with van der Waals surface area (Å²) in [6.07, 6.45) is 3.14. The fourth-order valence-corrected chi connectivity index (χ4v) is 1.62. The number of aliphatic carboxylic acids is 1. The third-order valence-corrected chi connectivity index (χ3v) is 2.61. The molecule has 0 aromatic heterocycles. The highest BCUT2D eigenvalue weighted by atomic mass is 16.5. The fraction of sp³-hybridized carbons (Fsp3) is 0.467. The zero-order valence-electron chi connectivity index (χ0n) is 12.1. The summed E-state index contributed by atoms with van der Waals surface area (Å²) in [6, 6.07) is 6.56. The third-order valence-electron chi connectivity index (χ3n) is 2.61. The lowest BCUT2D eigenvalue weighted by Crippen LogP contribution is -2.18. The topological polar surface area (TPSA) is 84.9 Å². The van der Waals surface area contributed by atoms with Gasteiger partial charge in [0.25, 0.3) is 0 Å². The van der Waals surface area contributed by atoms with Crippen molar-refractivity contribution in [1.82, 2.24) is 0 Å². The minimum Gasteiger partial charge on any atom is -0.482 e. The second kappa shape index (κ2) is 9.77. The molecule has 0 saturated carbocycles. The highest BCUT2D eigenvalue weighted by Crippen LogP contribution is 2.17. The van der Waals surface area contributed by atoms with Crippen molar-refractivity contribution in [3.63, 3.8) is 0 Å². The third kappa shape index (κ3) is 7.94. The summed E-state index contributed by atoms with van der Waals surface area (Å²) < 4.78 is 10.3. The van der Waals surface area contributed by atoms with Crippen LogP contribution in [0.1, 0.15) is 26.2 Å². The number of rotatable bonds is 10. The molecule has 0 saturated heterocycles. The van der Waals surface area contributed by atoms with Crippen LogP contribution in [-0.4, -0.2) is 36.8 Å². The van der Waals surface area contributed by atoms with Crippen LogP contribution >= 0.6 is 0 Å². The molecule has 1 amide bonds. The first-order valence-electron chi connectivity index (χ1n) is 6.94. The molecule has 0 heterocycles. The number of hydrogen-bond acceptors (Lipinski definition) is 4. The van der Waals surface area contributed by atoms with Gasteiger partial charge >= 0.3 is 5.97 Å². The van der Waals surface area contributed by atoms with E-state index in [-0.39, 0.29) is 12.5 Å². The van der Waals surface area contributed by atoms with Gasteiger partial charge in [0.1, 0.15) is 12.4 Å². The summed E-state index contributed by atoms with van der Waals surface area (Å²) in [6.45, 7) is 2.26. The molecule has 6 nitrogen and oxygen atoms in total. The summed E-state index contributed by atoms with van der Waals surface area (Å²) in [5.74, 6) is -0.911. The average Bonchev–Trinajstić information content (AvgIpc) is 2.45. The molecule has 0 aliphatic carbocycles. The molecule has 0 unspecified atom stereocenters. The first-order chi connectivity index (χ1) is 10.1. The summed E-state index contributed by atoms with van der Waals surface area (Å²) in [4.78, 5) is 22.1. The number of hydrogen-bond donors (Lipinski definition) is 2. The molecule has 0 radical (unpaired) electrons. The largest absolute Gasteiger partial charge is 0.482 e. The number of anilines is 1. The molecular formula is C15H21NO5. The van der Waals surface area contributed by atoms with Gasteiger partial charge in [0.05, 0.1) is 0 Å². The SMILES string of the molecule is CCCCCOCC(=O)Nc1cccc(OCC(=O)O)c1. The minimum atomic E-state index is -1.05. The van der Waals surface area contributed by atoms with Crippen LogP contribution in [0.2, 0.25) is 0 Å². The zero-order valence-corrected chi connectivity index (χ0v) is 12.1. The van der Waals surface area contributed by atoms with E-state index in [0.717, 1.165) is 19.3 Å². The lowest BCUT2D eigenvalue weighted by Gasteiger charge is -2.08. The van der Waals surface area contributed by atoms with Crippen molar-refractivity contribution in [3.05, 3.63) is 24.3 Å². The number of nitrogens with one attached hydrogen (secondary N) is 1. The molecule has 0 aliphatic heterocycles. The minimum absolute atomic E-state index is 0.00389. The maximum atomic E-state index is 11.7. The van der Waals surface area contributed by atoms with Crippen LogP contribution in [0.15, 0.2) is 24.3 Å². The maximum Gasteiger partial charge on any atom is 0.341 e. The van der Waals surface area contributed by atoms with E-state index in [4.69, 9.17) is 14.6 Å². The molecule has 0 fully saturated rings. The molecule has 21 heavy (non-hydrogen) atoms. The number of unbranched alkanes of at least 4 members (excludes halogenated alkanes) is 2. The normalized spacial score (nSPS) is 10.1. The van der Waals surface area contributed by atoms with Gasteiger partial charge in [-0.2, -0.15) is 0 Å². The van der Waals surface area contributed by atoms with Crippen molar-refractivity contribution < 1.29 is 24.2 Å². The zero-order chi connectivity index (χ0) is 15.5. The summed E-state index contributed by atoms with van der Waals surface area (Å²) >= 11 is 0. The van der Waals surface area contributed by atoms with E-state index < -0.39 is 12.6 Å². The Hall–Kier alpha value is -2.08. The first kappa shape index (κ1) is 17.0. The summed E-state index contributed by atoms with van der Waals surface area (Å²) in [5.41, 5.74) is 0.542. The van der Waals surface area contributed by atoms with Gasteiger partial charge < -0.3 is 19.9 Å². The van der Waals surface area contributed by atoms with Crippen LogP contribution < -0.4 is 10.1 Å². The number of carboxylic acid groups (broad SMARTS) is 1. The summed E-state index contributed by atoms with van der Waals surface area (Å²) in [5, 5.41) is 11.2. The van der Waals surface area contributed by atoms with Crippen LogP contribution in [0.3, 0.4) is 0 Å². The lowest BCUT2D eigenvalue weighted by atomic mass is 10.3. The molecule has 1 aromatic rings. The maximum absolute atomic E-state index is 11.7. The van der Waals surface area contributed by atoms with Gasteiger partial charge in [0.15, 0.2) is 6.61 Å². The smallest absolute Gasteiger partial charge is 0.341 e. The van der Waals surface area contributed by atoms with E-state index in [0.29, 0.717) is 18.0 Å². The Balaban J connectivity index is 2.34. The number of amides is 1. The average molecular weight is 295 g/mol. The van der Waals surface area contributed by atoms with Crippen LogP contribution in [0, 0.1) is 0 Å². The molecule has 0 atom stereocenters. The van der Waals surface area contributed by atoms with Crippen LogP contribution in [0.5, 0.6) is 5.75 Å². The van der Waals surface area contributed by atoms with Crippen LogP contribution in [0.25, 0.3) is 0 Å². The monoisotopic (exact) mass is 295 g/mol. The van der Waals surface area contributed by atoms with Gasteiger partial charge in [-0.3, -0.25) is 4.79 Å². The molecule has 0 aliphatic rings. The van der Waals surface area contributed by atoms with Crippen LogP contribution in [-0.2, 0) is 14.3 Å². The molecule has 2 N–H and O–H groups in total. The Morgan fingerprint density at radius 2 is 2.05 bits per heavy atom. The van der Waals surface area contributed by atoms with Crippen molar-refractivity contribution >= 4 is 17.6 Å². The highest BCUT2D eigenvalue weighted by Gasteiger charge is 2.04. The van der Waals surface area contributed by atoms with Crippen molar-refractivity contribution in [1.29, 1.82) is 0 Å². The number of ether oxygens (including phenoxy) is 2. The van der Waals surface area contributed by atoms with E-state index in [2.05, 4.69) is 12.2 Å². The Morgan fingerprint density at radius 1 is 1.24 bits per heavy atom. The van der Waals surface area contributed by atoms with Crippen molar-refractivity contribution in [3.8, 4) is 5.75 Å². The van der Waals surface area contributed by atoms with E-state index >= 15 is 0 Å². The standard InChI is InChI=1S/C15H21NO5/c1-2-3-4-8-20-10-14(17)16-12-6-5-7-13(9-12)21-11-15(18)19/h5-7,9H,2-4,8,10-11H2,1H3,(H,16,17)(H,18,19). The molecule has 6 heteroatoms. The fourth-order valence-electron chi connectivity index (χ4n) is 1.62. The lowest BCUT2D eigenvalue weighted by molar-refractivity contribution is -0.139. The Labute approximate surface area is 124 Å².